The largest absolute Gasteiger partial charge is 0.324 e. The molecule has 88 valence electrons. The van der Waals surface area contributed by atoms with Gasteiger partial charge in [0.15, 0.2) is 0 Å². The molecule has 2 unspecified atom stereocenters. The highest BCUT2D eigenvalue weighted by Crippen LogP contribution is 2.57. The zero-order valence-corrected chi connectivity index (χ0v) is 10.6. The van der Waals surface area contributed by atoms with Crippen LogP contribution in [0, 0.1) is 24.1 Å². The van der Waals surface area contributed by atoms with Crippen LogP contribution < -0.4 is 5.73 Å². The summed E-state index contributed by atoms with van der Waals surface area (Å²) < 4.78 is 13.3. The van der Waals surface area contributed by atoms with Crippen molar-refractivity contribution in [3.05, 3.63) is 34.1 Å². The summed E-state index contributed by atoms with van der Waals surface area (Å²) in [5.74, 6) is 0.186. The number of aryl methyl sites for hydroxylation is 1. The van der Waals surface area contributed by atoms with Gasteiger partial charge in [0.2, 0.25) is 0 Å². The Morgan fingerprint density at radius 3 is 2.56 bits per heavy atom. The summed E-state index contributed by atoms with van der Waals surface area (Å²) in [5, 5.41) is 0.443. The van der Waals surface area contributed by atoms with Crippen molar-refractivity contribution in [1.29, 1.82) is 0 Å². The minimum Gasteiger partial charge on any atom is -0.324 e. The predicted molar refractivity (Wildman–Crippen MR) is 65.0 cm³/mol. The summed E-state index contributed by atoms with van der Waals surface area (Å²) in [4.78, 5) is 0. The van der Waals surface area contributed by atoms with Crippen LogP contribution in [0.25, 0.3) is 0 Å². The lowest BCUT2D eigenvalue weighted by Gasteiger charge is -2.16. The molecule has 0 saturated heterocycles. The zero-order valence-electron chi connectivity index (χ0n) is 9.85. The molecule has 1 nitrogen and oxygen atoms in total. The van der Waals surface area contributed by atoms with Gasteiger partial charge in [-0.05, 0) is 41.9 Å². The van der Waals surface area contributed by atoms with Crippen molar-refractivity contribution in [2.75, 3.05) is 0 Å². The van der Waals surface area contributed by atoms with Gasteiger partial charge in [-0.2, -0.15) is 0 Å². The Morgan fingerprint density at radius 2 is 2.06 bits per heavy atom. The predicted octanol–water partition coefficient (Wildman–Crippen LogP) is 3.83. The molecular weight excluding hydrogens is 225 g/mol. The summed E-state index contributed by atoms with van der Waals surface area (Å²) in [6.07, 6.45) is 1.11. The summed E-state index contributed by atoms with van der Waals surface area (Å²) in [6.45, 7) is 6.13. The smallest absolute Gasteiger partial charge is 0.127 e. The van der Waals surface area contributed by atoms with E-state index >= 15 is 0 Å². The van der Waals surface area contributed by atoms with E-state index in [1.54, 1.807) is 13.0 Å². The summed E-state index contributed by atoms with van der Waals surface area (Å²) in [6, 6.07) is 3.06. The van der Waals surface area contributed by atoms with Gasteiger partial charge in [0.05, 0.1) is 0 Å². The van der Waals surface area contributed by atoms with Crippen LogP contribution in [-0.2, 0) is 0 Å². The molecule has 0 aliphatic heterocycles. The number of benzene rings is 1. The van der Waals surface area contributed by atoms with Crippen LogP contribution in [0.2, 0.25) is 5.02 Å². The van der Waals surface area contributed by atoms with Crippen LogP contribution >= 0.6 is 11.6 Å². The molecule has 0 bridgehead atoms. The topological polar surface area (TPSA) is 26.0 Å². The Labute approximate surface area is 101 Å². The Kier molecular flexibility index (Phi) is 2.75. The van der Waals surface area contributed by atoms with Gasteiger partial charge in [-0.15, -0.1) is 0 Å². The average molecular weight is 242 g/mol. The lowest BCUT2D eigenvalue weighted by atomic mass is 9.96. The van der Waals surface area contributed by atoms with E-state index in [1.807, 2.05) is 0 Å². The molecule has 1 aliphatic carbocycles. The molecule has 1 aromatic carbocycles. The van der Waals surface area contributed by atoms with Gasteiger partial charge >= 0.3 is 0 Å². The average Bonchev–Trinajstić information content (AvgIpc) is 2.80. The van der Waals surface area contributed by atoms with Crippen LogP contribution in [0.3, 0.4) is 0 Å². The fourth-order valence-electron chi connectivity index (χ4n) is 2.27. The fourth-order valence-corrected chi connectivity index (χ4v) is 2.55. The highest BCUT2D eigenvalue weighted by Gasteiger charge is 2.49. The Balaban J connectivity index is 2.31. The van der Waals surface area contributed by atoms with Crippen LogP contribution in [0.5, 0.6) is 0 Å². The number of hydrogen-bond acceptors (Lipinski definition) is 1. The van der Waals surface area contributed by atoms with E-state index in [2.05, 4.69) is 13.8 Å². The molecule has 1 fully saturated rings. The Bertz CT molecular complexity index is 428. The van der Waals surface area contributed by atoms with Crippen molar-refractivity contribution >= 4 is 11.6 Å². The number of halogens is 2. The third-order valence-corrected chi connectivity index (χ3v) is 3.99. The second-order valence-electron chi connectivity index (χ2n) is 5.45. The van der Waals surface area contributed by atoms with E-state index in [1.165, 1.54) is 6.07 Å². The second-order valence-corrected chi connectivity index (χ2v) is 5.86. The highest BCUT2D eigenvalue weighted by molar-refractivity contribution is 6.31. The maximum absolute atomic E-state index is 13.3. The fraction of sp³-hybridized carbons (Fsp3) is 0.538. The molecule has 0 radical (unpaired) electrons. The maximum Gasteiger partial charge on any atom is 0.127 e. The zero-order chi connectivity index (χ0) is 12.1. The quantitative estimate of drug-likeness (QED) is 0.837. The minimum atomic E-state index is -0.268. The van der Waals surface area contributed by atoms with Gasteiger partial charge in [-0.25, -0.2) is 4.39 Å². The van der Waals surface area contributed by atoms with Crippen LogP contribution in [0.4, 0.5) is 4.39 Å². The van der Waals surface area contributed by atoms with E-state index in [0.717, 1.165) is 12.0 Å². The number of hydrogen-bond donors (Lipinski definition) is 1. The van der Waals surface area contributed by atoms with Crippen molar-refractivity contribution < 1.29 is 4.39 Å². The number of rotatable bonds is 2. The molecular formula is C13H17ClFN. The van der Waals surface area contributed by atoms with E-state index in [4.69, 9.17) is 17.3 Å². The third-order valence-electron chi connectivity index (χ3n) is 3.66. The van der Waals surface area contributed by atoms with Gasteiger partial charge in [-0.3, -0.25) is 0 Å². The molecule has 3 heteroatoms. The van der Waals surface area contributed by atoms with E-state index < -0.39 is 0 Å². The molecule has 0 aromatic heterocycles. The van der Waals surface area contributed by atoms with E-state index in [9.17, 15) is 4.39 Å². The molecule has 0 amide bonds. The van der Waals surface area contributed by atoms with E-state index in [0.29, 0.717) is 21.9 Å². The van der Waals surface area contributed by atoms with Crippen LogP contribution in [-0.4, -0.2) is 0 Å². The first-order valence-electron chi connectivity index (χ1n) is 5.54. The van der Waals surface area contributed by atoms with Gasteiger partial charge in [0, 0.05) is 11.1 Å². The lowest BCUT2D eigenvalue weighted by molar-refractivity contribution is 0.490. The van der Waals surface area contributed by atoms with Crippen LogP contribution in [0.1, 0.15) is 37.4 Å². The molecule has 2 atom stereocenters. The molecule has 16 heavy (non-hydrogen) atoms. The van der Waals surface area contributed by atoms with Crippen molar-refractivity contribution in [1.82, 2.24) is 0 Å². The van der Waals surface area contributed by atoms with E-state index in [-0.39, 0.29) is 11.9 Å². The minimum absolute atomic E-state index is 0.0817. The standard InChI is InChI=1S/C13H17ClFN/c1-7-4-8(10(14)5-11(7)15)12(16)9-6-13(9,2)3/h4-5,9,12H,6,16H2,1-3H3. The van der Waals surface area contributed by atoms with Gasteiger partial charge in [0.25, 0.3) is 0 Å². The molecule has 0 spiro atoms. The van der Waals surface area contributed by atoms with Gasteiger partial charge in [-0.1, -0.05) is 31.5 Å². The first-order valence-corrected chi connectivity index (χ1v) is 5.92. The third kappa shape index (κ3) is 1.96. The maximum atomic E-state index is 13.3. The van der Waals surface area contributed by atoms with Crippen molar-refractivity contribution in [2.45, 2.75) is 33.2 Å². The SMILES string of the molecule is Cc1cc(C(N)C2CC2(C)C)c(Cl)cc1F. The van der Waals surface area contributed by atoms with Gasteiger partial charge < -0.3 is 5.73 Å². The molecule has 1 aromatic rings. The molecule has 0 heterocycles. The monoisotopic (exact) mass is 241 g/mol. The molecule has 2 N–H and O–H groups in total. The van der Waals surface area contributed by atoms with Crippen molar-refractivity contribution in [3.63, 3.8) is 0 Å². The summed E-state index contributed by atoms with van der Waals surface area (Å²) in [5.41, 5.74) is 7.96. The Hall–Kier alpha value is -0.600. The number of nitrogens with two attached hydrogens (primary N) is 1. The first-order chi connectivity index (χ1) is 7.33. The lowest BCUT2D eigenvalue weighted by Crippen LogP contribution is -2.16. The van der Waals surface area contributed by atoms with Gasteiger partial charge in [0.1, 0.15) is 5.82 Å². The molecule has 2 rings (SSSR count). The normalized spacial score (nSPS) is 24.2. The van der Waals surface area contributed by atoms with Crippen molar-refractivity contribution in [3.8, 4) is 0 Å². The molecule has 1 aliphatic rings. The summed E-state index contributed by atoms with van der Waals surface area (Å²) >= 11 is 6.04. The molecule has 1 saturated carbocycles. The summed E-state index contributed by atoms with van der Waals surface area (Å²) in [7, 11) is 0. The first kappa shape index (κ1) is 11.9. The highest BCUT2D eigenvalue weighted by atomic mass is 35.5. The van der Waals surface area contributed by atoms with Crippen LogP contribution in [0.15, 0.2) is 12.1 Å². The Morgan fingerprint density at radius 1 is 1.50 bits per heavy atom. The van der Waals surface area contributed by atoms with Crippen molar-refractivity contribution in [2.24, 2.45) is 17.1 Å². The second kappa shape index (κ2) is 3.71.